The number of anilines is 1. The van der Waals surface area contributed by atoms with E-state index in [9.17, 15) is 0 Å². The van der Waals surface area contributed by atoms with Crippen molar-refractivity contribution in [1.29, 1.82) is 0 Å². The van der Waals surface area contributed by atoms with E-state index in [2.05, 4.69) is 15.5 Å². The standard InChI is InChI=1S/C9H11N5/c1-11-9-13-12-8(14(9)10)7-5-3-2-4-6-7/h2-6H,10H2,1H3,(H,11,13). The van der Waals surface area contributed by atoms with Crippen LogP contribution >= 0.6 is 0 Å². The molecule has 0 bridgehead atoms. The van der Waals surface area contributed by atoms with Gasteiger partial charge >= 0.3 is 0 Å². The maximum atomic E-state index is 5.78. The summed E-state index contributed by atoms with van der Waals surface area (Å²) in [7, 11) is 1.75. The van der Waals surface area contributed by atoms with E-state index in [-0.39, 0.29) is 0 Å². The first-order valence-electron chi connectivity index (χ1n) is 4.26. The maximum absolute atomic E-state index is 5.78. The molecular weight excluding hydrogens is 178 g/mol. The van der Waals surface area contributed by atoms with E-state index in [1.54, 1.807) is 7.05 Å². The van der Waals surface area contributed by atoms with Crippen molar-refractivity contribution in [3.8, 4) is 11.4 Å². The molecule has 0 aliphatic carbocycles. The van der Waals surface area contributed by atoms with Gasteiger partial charge in [-0.3, -0.25) is 0 Å². The Balaban J connectivity index is 2.48. The minimum atomic E-state index is 0.545. The monoisotopic (exact) mass is 189 g/mol. The molecule has 0 aliphatic heterocycles. The van der Waals surface area contributed by atoms with E-state index in [0.29, 0.717) is 11.8 Å². The second kappa shape index (κ2) is 3.37. The van der Waals surface area contributed by atoms with Crippen molar-refractivity contribution in [3.63, 3.8) is 0 Å². The number of hydrogen-bond donors (Lipinski definition) is 2. The van der Waals surface area contributed by atoms with Gasteiger partial charge in [-0.2, -0.15) is 0 Å². The topological polar surface area (TPSA) is 68.8 Å². The van der Waals surface area contributed by atoms with Crippen LogP contribution in [0.1, 0.15) is 0 Å². The summed E-state index contributed by atoms with van der Waals surface area (Å²) in [6.45, 7) is 0. The zero-order valence-electron chi connectivity index (χ0n) is 7.81. The molecule has 5 heteroatoms. The average Bonchev–Trinajstić information content (AvgIpc) is 2.61. The fraction of sp³-hybridized carbons (Fsp3) is 0.111. The lowest BCUT2D eigenvalue weighted by molar-refractivity contribution is 1.01. The summed E-state index contributed by atoms with van der Waals surface area (Å²) in [6.07, 6.45) is 0. The number of nitrogen functional groups attached to an aromatic ring is 1. The Bertz CT molecular complexity index is 420. The van der Waals surface area contributed by atoms with E-state index < -0.39 is 0 Å². The van der Waals surface area contributed by atoms with Crippen LogP contribution in [-0.4, -0.2) is 21.9 Å². The normalized spacial score (nSPS) is 10.1. The molecule has 0 saturated heterocycles. The first-order chi connectivity index (χ1) is 6.83. The lowest BCUT2D eigenvalue weighted by atomic mass is 10.2. The summed E-state index contributed by atoms with van der Waals surface area (Å²) in [5, 5.41) is 10.7. The van der Waals surface area contributed by atoms with Gasteiger partial charge in [0, 0.05) is 12.6 Å². The van der Waals surface area contributed by atoms with Gasteiger partial charge in [-0.05, 0) is 0 Å². The Labute approximate surface area is 81.5 Å². The molecule has 0 spiro atoms. The molecule has 0 unspecified atom stereocenters. The highest BCUT2D eigenvalue weighted by Crippen LogP contribution is 2.16. The number of aromatic nitrogens is 3. The van der Waals surface area contributed by atoms with Crippen molar-refractivity contribution in [2.24, 2.45) is 0 Å². The maximum Gasteiger partial charge on any atom is 0.243 e. The van der Waals surface area contributed by atoms with E-state index in [0.717, 1.165) is 5.56 Å². The van der Waals surface area contributed by atoms with Crippen molar-refractivity contribution < 1.29 is 0 Å². The lowest BCUT2D eigenvalue weighted by Gasteiger charge is -2.01. The van der Waals surface area contributed by atoms with E-state index in [1.165, 1.54) is 4.68 Å². The Morgan fingerprint density at radius 1 is 1.21 bits per heavy atom. The zero-order chi connectivity index (χ0) is 9.97. The summed E-state index contributed by atoms with van der Waals surface area (Å²) < 4.78 is 1.43. The molecule has 0 fully saturated rings. The fourth-order valence-electron chi connectivity index (χ4n) is 1.25. The van der Waals surface area contributed by atoms with Crippen molar-refractivity contribution >= 4 is 5.95 Å². The molecule has 2 rings (SSSR count). The summed E-state index contributed by atoms with van der Waals surface area (Å²) in [4.78, 5) is 0. The van der Waals surface area contributed by atoms with Gasteiger partial charge in [0.05, 0.1) is 0 Å². The summed E-state index contributed by atoms with van der Waals surface area (Å²) in [5.41, 5.74) is 0.948. The van der Waals surface area contributed by atoms with Crippen molar-refractivity contribution in [1.82, 2.24) is 14.9 Å². The predicted octanol–water partition coefficient (Wildman–Crippen LogP) is 0.701. The number of nitrogens with one attached hydrogen (secondary N) is 1. The third-order valence-corrected chi connectivity index (χ3v) is 1.95. The van der Waals surface area contributed by atoms with Gasteiger partial charge in [-0.15, -0.1) is 10.2 Å². The van der Waals surface area contributed by atoms with Crippen molar-refractivity contribution in [2.45, 2.75) is 0 Å². The van der Waals surface area contributed by atoms with Crippen molar-refractivity contribution in [3.05, 3.63) is 30.3 Å². The molecule has 5 nitrogen and oxygen atoms in total. The molecule has 1 aromatic heterocycles. The molecule has 0 saturated carbocycles. The predicted molar refractivity (Wildman–Crippen MR) is 55.2 cm³/mol. The van der Waals surface area contributed by atoms with E-state index in [4.69, 9.17) is 5.84 Å². The van der Waals surface area contributed by atoms with Crippen LogP contribution in [0.5, 0.6) is 0 Å². The molecule has 3 N–H and O–H groups in total. The number of hydrogen-bond acceptors (Lipinski definition) is 4. The number of nitrogens with zero attached hydrogens (tertiary/aromatic N) is 3. The SMILES string of the molecule is CNc1nnc(-c2ccccc2)n1N. The minimum Gasteiger partial charge on any atom is -0.356 e. The van der Waals surface area contributed by atoms with Gasteiger partial charge in [0.25, 0.3) is 0 Å². The second-order valence-corrected chi connectivity index (χ2v) is 2.83. The first kappa shape index (κ1) is 8.55. The highest BCUT2D eigenvalue weighted by Gasteiger charge is 2.08. The van der Waals surface area contributed by atoms with Gasteiger partial charge in [0.2, 0.25) is 5.95 Å². The third-order valence-electron chi connectivity index (χ3n) is 1.95. The second-order valence-electron chi connectivity index (χ2n) is 2.83. The molecule has 14 heavy (non-hydrogen) atoms. The smallest absolute Gasteiger partial charge is 0.243 e. The van der Waals surface area contributed by atoms with Crippen LogP contribution in [0, 0.1) is 0 Å². The minimum absolute atomic E-state index is 0.545. The highest BCUT2D eigenvalue weighted by atomic mass is 15.5. The molecule has 1 aromatic carbocycles. The number of benzene rings is 1. The van der Waals surface area contributed by atoms with Crippen LogP contribution in [0.2, 0.25) is 0 Å². The summed E-state index contributed by atoms with van der Waals surface area (Å²) in [6, 6.07) is 9.69. The molecular formula is C9H11N5. The van der Waals surface area contributed by atoms with Crippen LogP contribution in [0.3, 0.4) is 0 Å². The van der Waals surface area contributed by atoms with Crippen molar-refractivity contribution in [2.75, 3.05) is 18.2 Å². The Kier molecular flexibility index (Phi) is 2.06. The highest BCUT2D eigenvalue weighted by molar-refractivity contribution is 5.56. The van der Waals surface area contributed by atoms with Crippen LogP contribution in [0.15, 0.2) is 30.3 Å². The quantitative estimate of drug-likeness (QED) is 0.682. The molecule has 0 amide bonds. The Morgan fingerprint density at radius 2 is 1.93 bits per heavy atom. The van der Waals surface area contributed by atoms with E-state index in [1.807, 2.05) is 30.3 Å². The third kappa shape index (κ3) is 1.28. The molecule has 0 radical (unpaired) electrons. The van der Waals surface area contributed by atoms with Gasteiger partial charge in [0.1, 0.15) is 0 Å². The summed E-state index contributed by atoms with van der Waals surface area (Å²) >= 11 is 0. The van der Waals surface area contributed by atoms with E-state index >= 15 is 0 Å². The number of nitrogens with two attached hydrogens (primary N) is 1. The molecule has 72 valence electrons. The van der Waals surface area contributed by atoms with Gasteiger partial charge in [-0.25, -0.2) is 4.68 Å². The van der Waals surface area contributed by atoms with Crippen LogP contribution in [-0.2, 0) is 0 Å². The summed E-state index contributed by atoms with van der Waals surface area (Å²) in [5.74, 6) is 6.97. The lowest BCUT2D eigenvalue weighted by Crippen LogP contribution is -2.13. The fourth-order valence-corrected chi connectivity index (χ4v) is 1.25. The first-order valence-corrected chi connectivity index (χ1v) is 4.26. The van der Waals surface area contributed by atoms with Gasteiger partial charge in [0.15, 0.2) is 5.82 Å². The Morgan fingerprint density at radius 3 is 2.50 bits per heavy atom. The largest absolute Gasteiger partial charge is 0.356 e. The zero-order valence-corrected chi connectivity index (χ0v) is 7.81. The molecule has 0 aliphatic rings. The average molecular weight is 189 g/mol. The Hall–Kier alpha value is -2.04. The molecule has 1 heterocycles. The number of rotatable bonds is 2. The van der Waals surface area contributed by atoms with Crippen LogP contribution < -0.4 is 11.2 Å². The molecule has 2 aromatic rings. The van der Waals surface area contributed by atoms with Gasteiger partial charge < -0.3 is 11.2 Å². The van der Waals surface area contributed by atoms with Crippen LogP contribution in [0.4, 0.5) is 5.95 Å². The van der Waals surface area contributed by atoms with Crippen LogP contribution in [0.25, 0.3) is 11.4 Å². The van der Waals surface area contributed by atoms with Gasteiger partial charge in [-0.1, -0.05) is 30.3 Å². The molecule has 0 atom stereocenters.